The summed E-state index contributed by atoms with van der Waals surface area (Å²) in [6, 6.07) is 10.1. The van der Waals surface area contributed by atoms with E-state index in [1.807, 2.05) is 24.3 Å². The Hall–Kier alpha value is -3.68. The molecule has 3 aromatic rings. The van der Waals surface area contributed by atoms with E-state index in [2.05, 4.69) is 20.6 Å². The van der Waals surface area contributed by atoms with Gasteiger partial charge in [0.2, 0.25) is 11.7 Å². The molecular formula is C22H18F2N4O2. The van der Waals surface area contributed by atoms with E-state index in [1.165, 1.54) is 12.3 Å². The number of anilines is 1. The number of nitrogens with one attached hydrogen (secondary N) is 2. The van der Waals surface area contributed by atoms with E-state index >= 15 is 0 Å². The van der Waals surface area contributed by atoms with E-state index in [1.54, 1.807) is 6.92 Å². The summed E-state index contributed by atoms with van der Waals surface area (Å²) in [4.78, 5) is 33.5. The van der Waals surface area contributed by atoms with Crippen molar-refractivity contribution in [2.24, 2.45) is 0 Å². The third kappa shape index (κ3) is 3.89. The SMILES string of the molecule is Cc1cnc(C(=O)N[C@H]2CCc3ccccc3NC2=O)nc1-c1ccc(F)c(F)c1. The number of hydrogen-bond donors (Lipinski definition) is 2. The van der Waals surface area contributed by atoms with Gasteiger partial charge in [0.05, 0.1) is 5.69 Å². The topological polar surface area (TPSA) is 84.0 Å². The Labute approximate surface area is 171 Å². The second kappa shape index (κ2) is 7.98. The Bertz CT molecular complexity index is 1150. The highest BCUT2D eigenvalue weighted by molar-refractivity contribution is 6.00. The smallest absolute Gasteiger partial charge is 0.289 e. The minimum Gasteiger partial charge on any atom is -0.337 e. The summed E-state index contributed by atoms with van der Waals surface area (Å²) in [6.07, 6.45) is 2.48. The number of hydrogen-bond acceptors (Lipinski definition) is 4. The molecule has 1 aliphatic rings. The van der Waals surface area contributed by atoms with Crippen molar-refractivity contribution in [3.05, 3.63) is 77.2 Å². The van der Waals surface area contributed by atoms with Gasteiger partial charge >= 0.3 is 0 Å². The second-order valence-corrected chi connectivity index (χ2v) is 7.07. The number of amides is 2. The summed E-state index contributed by atoms with van der Waals surface area (Å²) in [6.45, 7) is 1.70. The van der Waals surface area contributed by atoms with Gasteiger partial charge in [0, 0.05) is 17.4 Å². The number of benzene rings is 2. The minimum absolute atomic E-state index is 0.158. The average molecular weight is 408 g/mol. The van der Waals surface area contributed by atoms with Crippen LogP contribution in [0.25, 0.3) is 11.3 Å². The molecular weight excluding hydrogens is 390 g/mol. The van der Waals surface area contributed by atoms with E-state index in [9.17, 15) is 18.4 Å². The van der Waals surface area contributed by atoms with Crippen molar-refractivity contribution in [1.82, 2.24) is 15.3 Å². The van der Waals surface area contributed by atoms with Crippen molar-refractivity contribution >= 4 is 17.5 Å². The molecule has 2 aromatic carbocycles. The first-order valence-electron chi connectivity index (χ1n) is 9.41. The van der Waals surface area contributed by atoms with Gasteiger partial charge in [-0.25, -0.2) is 18.7 Å². The number of aromatic nitrogens is 2. The standard InChI is InChI=1S/C22H18F2N4O2/c1-12-11-25-20(28-19(12)14-6-8-15(23)16(24)10-14)22(30)27-18-9-7-13-4-2-3-5-17(13)26-21(18)29/h2-6,8,10-11,18H,7,9H2,1H3,(H,26,29)(H,27,30)/t18-/m0/s1. The van der Waals surface area contributed by atoms with E-state index in [-0.39, 0.29) is 11.7 Å². The van der Waals surface area contributed by atoms with Crippen molar-refractivity contribution in [1.29, 1.82) is 0 Å². The lowest BCUT2D eigenvalue weighted by atomic mass is 10.1. The van der Waals surface area contributed by atoms with Crippen LogP contribution in [0.5, 0.6) is 0 Å². The number of aryl methyl sites for hydroxylation is 2. The van der Waals surface area contributed by atoms with Gasteiger partial charge in [0.25, 0.3) is 5.91 Å². The van der Waals surface area contributed by atoms with Crippen LogP contribution < -0.4 is 10.6 Å². The number of halogens is 2. The van der Waals surface area contributed by atoms with Crippen LogP contribution in [0.15, 0.2) is 48.7 Å². The zero-order chi connectivity index (χ0) is 21.3. The van der Waals surface area contributed by atoms with Gasteiger partial charge in [0.1, 0.15) is 6.04 Å². The third-order valence-corrected chi connectivity index (χ3v) is 4.97. The van der Waals surface area contributed by atoms with Crippen molar-refractivity contribution in [3.63, 3.8) is 0 Å². The fourth-order valence-electron chi connectivity index (χ4n) is 3.36. The predicted molar refractivity (Wildman–Crippen MR) is 107 cm³/mol. The summed E-state index contributed by atoms with van der Waals surface area (Å²) in [5.74, 6) is -3.07. The molecule has 0 aliphatic carbocycles. The van der Waals surface area contributed by atoms with Gasteiger partial charge in [-0.3, -0.25) is 9.59 Å². The summed E-state index contributed by atoms with van der Waals surface area (Å²) in [5, 5.41) is 5.48. The van der Waals surface area contributed by atoms with Crippen molar-refractivity contribution in [2.45, 2.75) is 25.8 Å². The lowest BCUT2D eigenvalue weighted by Gasteiger charge is -2.15. The second-order valence-electron chi connectivity index (χ2n) is 7.07. The molecule has 0 bridgehead atoms. The van der Waals surface area contributed by atoms with Crippen LogP contribution in [0.1, 0.15) is 28.2 Å². The first-order valence-corrected chi connectivity index (χ1v) is 9.41. The normalized spacial score (nSPS) is 15.7. The van der Waals surface area contributed by atoms with Crippen molar-refractivity contribution in [3.8, 4) is 11.3 Å². The Morgan fingerprint density at radius 2 is 1.97 bits per heavy atom. The zero-order valence-corrected chi connectivity index (χ0v) is 16.1. The maximum absolute atomic E-state index is 13.6. The van der Waals surface area contributed by atoms with Gasteiger partial charge in [0.15, 0.2) is 11.6 Å². The Balaban J connectivity index is 1.55. The van der Waals surface area contributed by atoms with Crippen LogP contribution in [0.4, 0.5) is 14.5 Å². The molecule has 0 spiro atoms. The average Bonchev–Trinajstić information content (AvgIpc) is 2.89. The van der Waals surface area contributed by atoms with Crippen LogP contribution in [0, 0.1) is 18.6 Å². The first kappa shape index (κ1) is 19.6. The molecule has 6 nitrogen and oxygen atoms in total. The Morgan fingerprint density at radius 3 is 2.77 bits per heavy atom. The van der Waals surface area contributed by atoms with Crippen LogP contribution in [0.3, 0.4) is 0 Å². The van der Waals surface area contributed by atoms with Gasteiger partial charge in [-0.1, -0.05) is 18.2 Å². The lowest BCUT2D eigenvalue weighted by Crippen LogP contribution is -2.43. The lowest BCUT2D eigenvalue weighted by molar-refractivity contribution is -0.118. The van der Waals surface area contributed by atoms with E-state index in [0.717, 1.165) is 23.4 Å². The van der Waals surface area contributed by atoms with Gasteiger partial charge < -0.3 is 10.6 Å². The molecule has 2 heterocycles. The van der Waals surface area contributed by atoms with Crippen molar-refractivity contribution < 1.29 is 18.4 Å². The number of para-hydroxylation sites is 1. The molecule has 0 saturated heterocycles. The minimum atomic E-state index is -1.01. The molecule has 1 atom stereocenters. The summed E-state index contributed by atoms with van der Waals surface area (Å²) >= 11 is 0. The number of nitrogens with zero attached hydrogens (tertiary/aromatic N) is 2. The molecule has 8 heteroatoms. The molecule has 0 unspecified atom stereocenters. The molecule has 0 radical (unpaired) electrons. The van der Waals surface area contributed by atoms with E-state index in [4.69, 9.17) is 0 Å². The van der Waals surface area contributed by atoms with Gasteiger partial charge in [-0.15, -0.1) is 0 Å². The Morgan fingerprint density at radius 1 is 1.17 bits per heavy atom. The van der Waals surface area contributed by atoms with Crippen LogP contribution >= 0.6 is 0 Å². The molecule has 0 saturated carbocycles. The molecule has 1 aromatic heterocycles. The molecule has 4 rings (SSSR count). The maximum Gasteiger partial charge on any atom is 0.289 e. The van der Waals surface area contributed by atoms with Gasteiger partial charge in [-0.2, -0.15) is 0 Å². The Kier molecular flexibility index (Phi) is 5.22. The van der Waals surface area contributed by atoms with E-state index < -0.39 is 23.6 Å². The fraction of sp³-hybridized carbons (Fsp3) is 0.182. The monoisotopic (exact) mass is 408 g/mol. The molecule has 152 valence electrons. The fourth-order valence-corrected chi connectivity index (χ4v) is 3.36. The summed E-state index contributed by atoms with van der Waals surface area (Å²) in [5.41, 5.74) is 2.96. The van der Waals surface area contributed by atoms with Crippen molar-refractivity contribution in [2.75, 3.05) is 5.32 Å². The zero-order valence-electron chi connectivity index (χ0n) is 16.1. The molecule has 2 amide bonds. The predicted octanol–water partition coefficient (Wildman–Crippen LogP) is 3.41. The molecule has 2 N–H and O–H groups in total. The van der Waals surface area contributed by atoms with Gasteiger partial charge in [-0.05, 0) is 55.2 Å². The highest BCUT2D eigenvalue weighted by Gasteiger charge is 2.26. The summed E-state index contributed by atoms with van der Waals surface area (Å²) < 4.78 is 26.9. The number of carbonyl (C=O) groups excluding carboxylic acids is 2. The highest BCUT2D eigenvalue weighted by atomic mass is 19.2. The number of fused-ring (bicyclic) bond motifs is 1. The largest absolute Gasteiger partial charge is 0.337 e. The van der Waals surface area contributed by atoms with Crippen LogP contribution in [0.2, 0.25) is 0 Å². The van der Waals surface area contributed by atoms with E-state index in [0.29, 0.717) is 29.7 Å². The molecule has 0 fully saturated rings. The quantitative estimate of drug-likeness (QED) is 0.696. The third-order valence-electron chi connectivity index (χ3n) is 4.97. The highest BCUT2D eigenvalue weighted by Crippen LogP contribution is 2.24. The molecule has 30 heavy (non-hydrogen) atoms. The number of carbonyl (C=O) groups is 2. The maximum atomic E-state index is 13.6. The van der Waals surface area contributed by atoms with Crippen LogP contribution in [-0.2, 0) is 11.2 Å². The molecule has 1 aliphatic heterocycles. The number of rotatable bonds is 3. The first-order chi connectivity index (χ1) is 14.4. The van der Waals surface area contributed by atoms with Crippen LogP contribution in [-0.4, -0.2) is 27.8 Å². The summed E-state index contributed by atoms with van der Waals surface area (Å²) in [7, 11) is 0.